The lowest BCUT2D eigenvalue weighted by Crippen LogP contribution is -2.31. The molecule has 0 aliphatic carbocycles. The maximum atomic E-state index is 13.5. The number of ether oxygens (including phenoxy) is 2. The molecule has 4 rings (SSSR count). The van der Waals surface area contributed by atoms with Gasteiger partial charge in [0, 0.05) is 35.1 Å². The van der Waals surface area contributed by atoms with Gasteiger partial charge in [-0.25, -0.2) is 19.2 Å². The molecule has 0 amide bonds. The molecule has 0 radical (unpaired) electrons. The molecule has 0 spiro atoms. The minimum Gasteiger partial charge on any atom is -0.478 e. The number of aliphatic hydroxyl groups is 1. The molecular formula is C41H36O12. The number of allylic oxidation sites excluding steroid dienone is 1. The number of esters is 2. The van der Waals surface area contributed by atoms with E-state index in [1.165, 1.54) is 38.1 Å². The molecule has 0 saturated heterocycles. The first-order valence-corrected chi connectivity index (χ1v) is 16.3. The Hall–Kier alpha value is -6.53. The molecule has 0 bridgehead atoms. The van der Waals surface area contributed by atoms with Crippen LogP contribution in [0, 0.1) is 0 Å². The molecule has 0 saturated carbocycles. The van der Waals surface area contributed by atoms with Gasteiger partial charge in [0.2, 0.25) is 0 Å². The molecule has 0 aliphatic heterocycles. The predicted octanol–water partition coefficient (Wildman–Crippen LogP) is 5.83. The summed E-state index contributed by atoms with van der Waals surface area (Å²) in [5.41, 5.74) is -0.893. The van der Waals surface area contributed by atoms with Crippen molar-refractivity contribution in [2.24, 2.45) is 0 Å². The molecule has 12 nitrogen and oxygen atoms in total. The van der Waals surface area contributed by atoms with E-state index in [-0.39, 0.29) is 43.0 Å². The summed E-state index contributed by atoms with van der Waals surface area (Å²) in [6.45, 7) is 7.68. The van der Waals surface area contributed by atoms with Crippen LogP contribution in [0.3, 0.4) is 0 Å². The third-order valence-electron chi connectivity index (χ3n) is 8.09. The highest BCUT2D eigenvalue weighted by Gasteiger charge is 2.26. The van der Waals surface area contributed by atoms with Gasteiger partial charge in [0.1, 0.15) is 5.60 Å². The highest BCUT2D eigenvalue weighted by Crippen LogP contribution is 2.21. The predicted molar refractivity (Wildman–Crippen MR) is 191 cm³/mol. The minimum atomic E-state index is -1.55. The molecule has 12 heteroatoms. The molecule has 272 valence electrons. The Kier molecular flexibility index (Phi) is 12.3. The second kappa shape index (κ2) is 16.7. The van der Waals surface area contributed by atoms with Gasteiger partial charge < -0.3 is 24.8 Å². The summed E-state index contributed by atoms with van der Waals surface area (Å²) in [5.74, 6) is -6.32. The molecule has 4 aromatic rings. The van der Waals surface area contributed by atoms with Crippen molar-refractivity contribution in [1.82, 2.24) is 0 Å². The third-order valence-corrected chi connectivity index (χ3v) is 8.09. The number of benzene rings is 4. The summed E-state index contributed by atoms with van der Waals surface area (Å²) in [4.78, 5) is 87.8. The number of carbonyl (C=O) groups excluding carboxylic acids is 5. The largest absolute Gasteiger partial charge is 0.478 e. The van der Waals surface area contributed by atoms with Crippen LogP contribution in [0.2, 0.25) is 0 Å². The Morgan fingerprint density at radius 3 is 1.32 bits per heavy atom. The van der Waals surface area contributed by atoms with Crippen molar-refractivity contribution >= 4 is 41.2 Å². The number of carbonyl (C=O) groups is 7. The maximum absolute atomic E-state index is 13.5. The van der Waals surface area contributed by atoms with Crippen LogP contribution in [-0.4, -0.2) is 75.4 Å². The molecule has 53 heavy (non-hydrogen) atoms. The number of hydrogen-bond acceptors (Lipinski definition) is 10. The fraction of sp³-hybridized carbons (Fsp3) is 0.195. The fourth-order valence-electron chi connectivity index (χ4n) is 5.17. The van der Waals surface area contributed by atoms with Gasteiger partial charge in [-0.3, -0.25) is 14.4 Å². The minimum absolute atomic E-state index is 0.131. The zero-order chi connectivity index (χ0) is 39.0. The van der Waals surface area contributed by atoms with E-state index in [4.69, 9.17) is 9.47 Å². The van der Waals surface area contributed by atoms with Crippen LogP contribution in [0.4, 0.5) is 0 Å². The quantitative estimate of drug-likeness (QED) is 0.0713. The van der Waals surface area contributed by atoms with E-state index >= 15 is 0 Å². The summed E-state index contributed by atoms with van der Waals surface area (Å²) < 4.78 is 10.6. The van der Waals surface area contributed by atoms with Crippen molar-refractivity contribution in [3.8, 4) is 0 Å². The summed E-state index contributed by atoms with van der Waals surface area (Å²) in [6, 6.07) is 19.5. The second-order valence-electron chi connectivity index (χ2n) is 12.6. The number of aromatic carboxylic acids is 2. The van der Waals surface area contributed by atoms with Crippen molar-refractivity contribution in [2.75, 3.05) is 13.2 Å². The third kappa shape index (κ3) is 9.83. The van der Waals surface area contributed by atoms with Gasteiger partial charge in [-0.1, -0.05) is 67.2 Å². The van der Waals surface area contributed by atoms with Crippen LogP contribution >= 0.6 is 0 Å². The van der Waals surface area contributed by atoms with E-state index in [0.717, 1.165) is 29.8 Å². The smallest absolute Gasteiger partial charge is 0.339 e. The summed E-state index contributed by atoms with van der Waals surface area (Å²) in [5, 5.41) is 29.3. The lowest BCUT2D eigenvalue weighted by Gasteiger charge is -2.15. The monoisotopic (exact) mass is 720 g/mol. The first-order chi connectivity index (χ1) is 25.0. The van der Waals surface area contributed by atoms with Crippen LogP contribution in [0.5, 0.6) is 0 Å². The summed E-state index contributed by atoms with van der Waals surface area (Å²) in [6.07, 6.45) is 0.459. The van der Waals surface area contributed by atoms with Gasteiger partial charge in [-0.2, -0.15) is 0 Å². The van der Waals surface area contributed by atoms with Crippen molar-refractivity contribution in [1.29, 1.82) is 0 Å². The van der Waals surface area contributed by atoms with Crippen LogP contribution in [0.1, 0.15) is 110 Å². The Morgan fingerprint density at radius 2 is 0.962 bits per heavy atom. The van der Waals surface area contributed by atoms with E-state index in [0.29, 0.717) is 22.3 Å². The number of hydrogen-bond donors (Lipinski definition) is 3. The van der Waals surface area contributed by atoms with Crippen LogP contribution in [0.25, 0.3) is 0 Å². The average Bonchev–Trinajstić information content (AvgIpc) is 3.13. The molecule has 3 N–H and O–H groups in total. The van der Waals surface area contributed by atoms with Gasteiger partial charge >= 0.3 is 23.9 Å². The van der Waals surface area contributed by atoms with Crippen LogP contribution < -0.4 is 0 Å². The zero-order valence-corrected chi connectivity index (χ0v) is 29.1. The lowest BCUT2D eigenvalue weighted by atomic mass is 9.95. The molecule has 0 atom stereocenters. The maximum Gasteiger partial charge on any atom is 0.339 e. The van der Waals surface area contributed by atoms with E-state index in [1.807, 2.05) is 0 Å². The van der Waals surface area contributed by atoms with Crippen LogP contribution in [0.15, 0.2) is 97.1 Å². The Balaban J connectivity index is 1.47. The topological polar surface area (TPSA) is 199 Å². The second-order valence-corrected chi connectivity index (χ2v) is 12.6. The van der Waals surface area contributed by atoms with Crippen molar-refractivity contribution in [2.45, 2.75) is 39.2 Å². The highest BCUT2D eigenvalue weighted by atomic mass is 16.5. The zero-order valence-electron chi connectivity index (χ0n) is 29.1. The number of rotatable bonds is 16. The highest BCUT2D eigenvalue weighted by molar-refractivity contribution is 6.13. The normalized spacial score (nSPS) is 10.9. The Labute approximate surface area is 304 Å². The molecule has 0 heterocycles. The van der Waals surface area contributed by atoms with Gasteiger partial charge in [-0.05, 0) is 61.7 Å². The van der Waals surface area contributed by atoms with E-state index in [1.54, 1.807) is 43.3 Å². The summed E-state index contributed by atoms with van der Waals surface area (Å²) >= 11 is 0. The van der Waals surface area contributed by atoms with Crippen molar-refractivity contribution in [3.05, 3.63) is 153 Å². The van der Waals surface area contributed by atoms with Crippen LogP contribution in [-0.2, 0) is 22.3 Å². The molecular weight excluding hydrogens is 684 g/mol. The standard InChI is InChI=1S/C41H36O12/c1-23(2)34(42)26-9-5-24(6-10-26)17-19-52-39(49)32-21-28(13-15-30(32)37(45)46)35(43)29-14-16-31(38(47)48)33(22-29)40(50)53-20-18-25-7-11-27(12-8-25)36(44)41(3,4)51/h5-16,21-22,51H,1,17-20H2,2-4H3,(H,45,46)(H,47,48). The number of Topliss-reactive ketones (excluding diaryl/α,β-unsaturated/α-hetero) is 2. The molecule has 0 aromatic heterocycles. The molecule has 0 fully saturated rings. The lowest BCUT2D eigenvalue weighted by molar-refractivity contribution is 0.0487. The molecule has 0 aliphatic rings. The van der Waals surface area contributed by atoms with Gasteiger partial charge in [0.15, 0.2) is 17.3 Å². The molecule has 0 unspecified atom stereocenters. The van der Waals surface area contributed by atoms with Gasteiger partial charge in [-0.15, -0.1) is 0 Å². The number of carboxylic acids is 2. The Morgan fingerprint density at radius 1 is 0.585 bits per heavy atom. The van der Waals surface area contributed by atoms with E-state index < -0.39 is 63.3 Å². The average molecular weight is 721 g/mol. The number of ketones is 3. The first-order valence-electron chi connectivity index (χ1n) is 16.3. The molecule has 4 aromatic carbocycles. The van der Waals surface area contributed by atoms with Gasteiger partial charge in [0.25, 0.3) is 0 Å². The Bertz CT molecular complexity index is 2120. The van der Waals surface area contributed by atoms with E-state index in [2.05, 4.69) is 6.58 Å². The fourth-order valence-corrected chi connectivity index (χ4v) is 5.17. The summed E-state index contributed by atoms with van der Waals surface area (Å²) in [7, 11) is 0. The SMILES string of the molecule is C=C(C)C(=O)c1ccc(CCOC(=O)c2cc(C(=O)c3ccc(C(=O)O)c(C(=O)OCCc4ccc(C(=O)C(C)(C)O)cc4)c3)ccc2C(=O)O)cc1. The van der Waals surface area contributed by atoms with E-state index in [9.17, 15) is 48.9 Å². The van der Waals surface area contributed by atoms with Crippen molar-refractivity contribution < 1.29 is 58.4 Å². The number of carboxylic acid groups (broad SMARTS) is 2. The first kappa shape index (κ1) is 39.3. The van der Waals surface area contributed by atoms with Crippen molar-refractivity contribution in [3.63, 3.8) is 0 Å². The van der Waals surface area contributed by atoms with Gasteiger partial charge in [0.05, 0.1) is 35.5 Å².